The summed E-state index contributed by atoms with van der Waals surface area (Å²) in [4.78, 5) is 29.9. The minimum atomic E-state index is -5.11. The lowest BCUT2D eigenvalue weighted by Crippen LogP contribution is -2.35. The summed E-state index contributed by atoms with van der Waals surface area (Å²) in [5.74, 6) is -3.42. The fourth-order valence-electron chi connectivity index (χ4n) is 6.41. The van der Waals surface area contributed by atoms with Crippen molar-refractivity contribution in [1.29, 1.82) is 0 Å². The number of aromatic nitrogens is 1. The molecular formula is C30H29F6NO4. The first kappa shape index (κ1) is 29.3. The van der Waals surface area contributed by atoms with Crippen LogP contribution in [0.2, 0.25) is 0 Å². The van der Waals surface area contributed by atoms with Gasteiger partial charge in [-0.15, -0.1) is 0 Å². The van der Waals surface area contributed by atoms with E-state index in [0.717, 1.165) is 16.7 Å². The number of esters is 1. The van der Waals surface area contributed by atoms with E-state index < -0.39 is 65.1 Å². The van der Waals surface area contributed by atoms with Crippen LogP contribution in [0.3, 0.4) is 0 Å². The Bertz CT molecular complexity index is 1430. The van der Waals surface area contributed by atoms with E-state index >= 15 is 0 Å². The van der Waals surface area contributed by atoms with Gasteiger partial charge in [0.15, 0.2) is 5.78 Å². The molecular weight excluding hydrogens is 552 g/mol. The van der Waals surface area contributed by atoms with E-state index in [4.69, 9.17) is 9.47 Å². The lowest BCUT2D eigenvalue weighted by Gasteiger charge is -2.30. The number of rotatable bonds is 3. The molecule has 0 radical (unpaired) electrons. The largest absolute Gasteiger partial charge is 0.433 e. The molecule has 2 bridgehead atoms. The second-order valence-corrected chi connectivity index (χ2v) is 12.2. The first-order valence-corrected chi connectivity index (χ1v) is 13.2. The summed E-state index contributed by atoms with van der Waals surface area (Å²) in [5.41, 5.74) is -1.18. The molecule has 5 atom stereocenters. The molecule has 0 amide bonds. The minimum absolute atomic E-state index is 0.0375. The molecule has 3 aliphatic rings. The molecule has 1 aliphatic carbocycles. The van der Waals surface area contributed by atoms with Crippen molar-refractivity contribution in [2.75, 3.05) is 0 Å². The lowest BCUT2D eigenvalue weighted by atomic mass is 9.72. The van der Waals surface area contributed by atoms with Crippen LogP contribution in [0, 0.1) is 38.0 Å². The normalized spacial score (nSPS) is 26.1. The highest BCUT2D eigenvalue weighted by atomic mass is 19.4. The zero-order valence-electron chi connectivity index (χ0n) is 23.3. The van der Waals surface area contributed by atoms with Crippen molar-refractivity contribution in [3.63, 3.8) is 0 Å². The van der Waals surface area contributed by atoms with Gasteiger partial charge in [0.05, 0.1) is 35.0 Å². The third-order valence-corrected chi connectivity index (χ3v) is 8.05. The summed E-state index contributed by atoms with van der Waals surface area (Å²) >= 11 is 0. The molecule has 41 heavy (non-hydrogen) atoms. The van der Waals surface area contributed by atoms with Crippen molar-refractivity contribution in [1.82, 2.24) is 4.98 Å². The quantitative estimate of drug-likeness (QED) is 0.286. The number of nitrogens with zero attached hydrogens (tertiary/aromatic N) is 1. The van der Waals surface area contributed by atoms with Crippen molar-refractivity contribution in [2.45, 2.75) is 78.4 Å². The molecule has 2 saturated heterocycles. The second kappa shape index (κ2) is 9.40. The molecule has 3 unspecified atom stereocenters. The third-order valence-electron chi connectivity index (χ3n) is 8.05. The third kappa shape index (κ3) is 4.96. The Morgan fingerprint density at radius 2 is 1.44 bits per heavy atom. The first-order chi connectivity index (χ1) is 18.8. The van der Waals surface area contributed by atoms with Gasteiger partial charge in [0, 0.05) is 5.92 Å². The van der Waals surface area contributed by atoms with E-state index in [1.54, 1.807) is 20.8 Å². The van der Waals surface area contributed by atoms with Crippen LogP contribution in [0.4, 0.5) is 26.3 Å². The highest BCUT2D eigenvalue weighted by Crippen LogP contribution is 2.59. The number of allylic oxidation sites excluding steroid dienone is 1. The number of ether oxygens (including phenoxy) is 2. The molecule has 5 rings (SSSR count). The Balaban J connectivity index is 1.66. The maximum Gasteiger partial charge on any atom is 0.433 e. The fraction of sp³-hybridized carbons (Fsp3) is 0.500. The number of alkyl halides is 6. The van der Waals surface area contributed by atoms with Gasteiger partial charge in [0.2, 0.25) is 0 Å². The van der Waals surface area contributed by atoms with Gasteiger partial charge in [-0.1, -0.05) is 17.7 Å². The van der Waals surface area contributed by atoms with Crippen LogP contribution in [0.1, 0.15) is 72.3 Å². The number of hydrogen-bond donors (Lipinski definition) is 0. The Hall–Kier alpha value is -3.21. The van der Waals surface area contributed by atoms with Crippen LogP contribution in [-0.2, 0) is 31.4 Å². The molecule has 2 fully saturated rings. The number of ketones is 1. The average molecular weight is 582 g/mol. The maximum absolute atomic E-state index is 14.0. The summed E-state index contributed by atoms with van der Waals surface area (Å²) in [6.07, 6.45) is -11.9. The van der Waals surface area contributed by atoms with Crippen molar-refractivity contribution in [2.24, 2.45) is 17.3 Å². The number of fused-ring (bicyclic) bond motifs is 5. The maximum atomic E-state index is 14.0. The van der Waals surface area contributed by atoms with E-state index in [1.807, 2.05) is 32.9 Å². The Morgan fingerprint density at radius 1 is 0.902 bits per heavy atom. The Kier molecular flexibility index (Phi) is 6.72. The van der Waals surface area contributed by atoms with Gasteiger partial charge in [0.25, 0.3) is 0 Å². The van der Waals surface area contributed by atoms with Crippen LogP contribution in [0.25, 0.3) is 5.57 Å². The number of carbonyl (C=O) groups excluding carboxylic acids is 2. The van der Waals surface area contributed by atoms with Gasteiger partial charge in [0.1, 0.15) is 17.1 Å². The van der Waals surface area contributed by atoms with Crippen LogP contribution in [-0.4, -0.2) is 28.9 Å². The Labute approximate surface area is 232 Å². The van der Waals surface area contributed by atoms with E-state index in [1.165, 1.54) is 0 Å². The molecule has 3 heterocycles. The highest BCUT2D eigenvalue weighted by molar-refractivity contribution is 6.26. The fourth-order valence-corrected chi connectivity index (χ4v) is 6.41. The summed E-state index contributed by atoms with van der Waals surface area (Å²) in [5, 5.41) is 0. The van der Waals surface area contributed by atoms with E-state index in [-0.39, 0.29) is 29.1 Å². The number of hydrogen-bond acceptors (Lipinski definition) is 5. The number of benzene rings is 1. The van der Waals surface area contributed by atoms with Gasteiger partial charge in [-0.05, 0) is 82.3 Å². The molecule has 1 aromatic heterocycles. The first-order valence-electron chi connectivity index (χ1n) is 13.2. The molecule has 11 heteroatoms. The van der Waals surface area contributed by atoms with Crippen LogP contribution >= 0.6 is 0 Å². The van der Waals surface area contributed by atoms with Gasteiger partial charge in [-0.25, -0.2) is 4.98 Å². The van der Waals surface area contributed by atoms with Crippen molar-refractivity contribution in [3.05, 3.63) is 69.2 Å². The number of carbonyl (C=O) groups is 2. The predicted octanol–water partition coefficient (Wildman–Crippen LogP) is 7.11. The molecule has 5 nitrogen and oxygen atoms in total. The lowest BCUT2D eigenvalue weighted by molar-refractivity contribution is -0.151. The summed E-state index contributed by atoms with van der Waals surface area (Å²) in [6.45, 7) is 10.5. The second-order valence-electron chi connectivity index (χ2n) is 12.2. The molecule has 220 valence electrons. The van der Waals surface area contributed by atoms with Gasteiger partial charge < -0.3 is 9.47 Å². The Morgan fingerprint density at radius 3 is 1.93 bits per heavy atom. The predicted molar refractivity (Wildman–Crippen MR) is 135 cm³/mol. The van der Waals surface area contributed by atoms with Crippen molar-refractivity contribution < 1.29 is 45.4 Å². The summed E-state index contributed by atoms with van der Waals surface area (Å²) in [6, 6.07) is 5.00. The number of aryl methyl sites for hydroxylation is 3. The standard InChI is InChI=1S/C30H29F6NO4/c1-12-7-13(2)20(14(3)8-12)22-24(38)21-17-11-16(25(40-17)23(21)26(22)41-27(39)28(4,5)6)15-9-18(29(31,32)33)37-19(10-15)30(34,35)36/h7-10,16-17,21,23,25H,11H2,1-6H3/t16?,17?,21-,23-,25?/m0/s1. The van der Waals surface area contributed by atoms with E-state index in [9.17, 15) is 35.9 Å². The van der Waals surface area contributed by atoms with Crippen molar-refractivity contribution >= 4 is 17.3 Å². The van der Waals surface area contributed by atoms with Crippen LogP contribution in [0.5, 0.6) is 0 Å². The number of halogens is 6. The SMILES string of the molecule is Cc1cc(C)c(C2=C(OC(=O)C(C)(C)C)[C@@H]3C4OC(CC4c4cc(C(F)(F)F)nc(C(F)(F)F)c4)[C@@H]3C2=O)c(C)c1. The van der Waals surface area contributed by atoms with Gasteiger partial charge in [-0.3, -0.25) is 9.59 Å². The minimum Gasteiger partial charge on any atom is -0.429 e. The smallest absolute Gasteiger partial charge is 0.429 e. The topological polar surface area (TPSA) is 65.5 Å². The zero-order chi connectivity index (χ0) is 30.4. The average Bonchev–Trinajstić information content (AvgIpc) is 3.49. The van der Waals surface area contributed by atoms with Crippen LogP contribution in [0.15, 0.2) is 30.0 Å². The van der Waals surface area contributed by atoms with E-state index in [0.29, 0.717) is 17.7 Å². The molecule has 0 saturated carbocycles. The molecule has 1 aromatic carbocycles. The number of pyridine rings is 1. The van der Waals surface area contributed by atoms with Crippen molar-refractivity contribution in [3.8, 4) is 0 Å². The zero-order valence-corrected chi connectivity index (χ0v) is 23.3. The highest BCUT2D eigenvalue weighted by Gasteiger charge is 2.64. The van der Waals surface area contributed by atoms with Gasteiger partial charge in [-0.2, -0.15) is 26.3 Å². The van der Waals surface area contributed by atoms with Crippen LogP contribution < -0.4 is 0 Å². The molecule has 0 spiro atoms. The monoisotopic (exact) mass is 581 g/mol. The molecule has 2 aromatic rings. The molecule has 2 aliphatic heterocycles. The molecule has 0 N–H and O–H groups in total. The number of Topliss-reactive ketones (excluding diaryl/α,β-unsaturated/α-hetero) is 1. The summed E-state index contributed by atoms with van der Waals surface area (Å²) < 4.78 is 93.4. The van der Waals surface area contributed by atoms with Gasteiger partial charge >= 0.3 is 18.3 Å². The van der Waals surface area contributed by atoms with E-state index in [2.05, 4.69) is 4.98 Å². The summed E-state index contributed by atoms with van der Waals surface area (Å²) in [7, 11) is 0.